The molecule has 2 aliphatic rings. The van der Waals surface area contributed by atoms with Crippen LogP contribution in [0.25, 0.3) is 0 Å². The molecule has 0 radical (unpaired) electrons. The highest BCUT2D eigenvalue weighted by Crippen LogP contribution is 2.50. The molecular weight excluding hydrogens is 196 g/mol. The number of rotatable bonds is 1. The molecule has 1 nitrogen and oxygen atoms in total. The van der Waals surface area contributed by atoms with E-state index in [0.29, 0.717) is 24.0 Å². The second-order valence-corrected chi connectivity index (χ2v) is 5.71. The van der Waals surface area contributed by atoms with Crippen LogP contribution in [0.3, 0.4) is 0 Å². The Labute approximate surface area is 98.6 Å². The Hall–Kier alpha value is -0.850. The predicted molar refractivity (Wildman–Crippen MR) is 67.1 cm³/mol. The fourth-order valence-corrected chi connectivity index (χ4v) is 3.21. The number of hydrogen-bond acceptors (Lipinski definition) is 1. The van der Waals surface area contributed by atoms with Crippen LogP contribution in [-0.4, -0.2) is 5.78 Å². The third-order valence-electron chi connectivity index (χ3n) is 4.46. The summed E-state index contributed by atoms with van der Waals surface area (Å²) in [7, 11) is 0. The van der Waals surface area contributed by atoms with E-state index in [1.54, 1.807) is 0 Å². The van der Waals surface area contributed by atoms with Crippen LogP contribution in [0.5, 0.6) is 0 Å². The van der Waals surface area contributed by atoms with Gasteiger partial charge in [0.2, 0.25) is 0 Å². The summed E-state index contributed by atoms with van der Waals surface area (Å²) in [6.45, 7) is 8.73. The lowest BCUT2D eigenvalue weighted by Gasteiger charge is -2.37. The molecule has 0 fully saturated rings. The van der Waals surface area contributed by atoms with Crippen molar-refractivity contribution >= 4 is 5.78 Å². The normalized spacial score (nSPS) is 34.6. The summed E-state index contributed by atoms with van der Waals surface area (Å²) < 4.78 is 0. The number of allylic oxidation sites excluding steroid dienone is 4. The minimum Gasteiger partial charge on any atom is -0.298 e. The summed E-state index contributed by atoms with van der Waals surface area (Å²) in [6, 6.07) is 0. The Morgan fingerprint density at radius 2 is 2.12 bits per heavy atom. The highest BCUT2D eigenvalue weighted by atomic mass is 16.1. The number of Topliss-reactive ketones (excluding diaryl/α,β-unsaturated/α-hetero) is 1. The molecule has 0 N–H and O–H groups in total. The highest BCUT2D eigenvalue weighted by molar-refractivity contribution is 5.95. The third kappa shape index (κ3) is 1.49. The van der Waals surface area contributed by atoms with Crippen molar-refractivity contribution in [3.63, 3.8) is 0 Å². The second kappa shape index (κ2) is 3.87. The lowest BCUT2D eigenvalue weighted by atomic mass is 9.65. The zero-order valence-electron chi connectivity index (χ0n) is 10.8. The molecule has 0 aliphatic heterocycles. The Morgan fingerprint density at radius 1 is 1.44 bits per heavy atom. The third-order valence-corrected chi connectivity index (χ3v) is 4.46. The van der Waals surface area contributed by atoms with Crippen LogP contribution in [0.2, 0.25) is 0 Å². The van der Waals surface area contributed by atoms with Gasteiger partial charge in [-0.25, -0.2) is 0 Å². The molecule has 1 heteroatoms. The van der Waals surface area contributed by atoms with E-state index in [4.69, 9.17) is 0 Å². The van der Waals surface area contributed by atoms with Gasteiger partial charge in [0.05, 0.1) is 5.41 Å². The zero-order valence-corrected chi connectivity index (χ0v) is 10.8. The number of carbonyl (C=O) groups excluding carboxylic acids is 1. The first-order valence-electron chi connectivity index (χ1n) is 6.40. The zero-order chi connectivity index (χ0) is 11.9. The van der Waals surface area contributed by atoms with Crippen molar-refractivity contribution in [2.24, 2.45) is 17.3 Å². The van der Waals surface area contributed by atoms with Crippen LogP contribution in [-0.2, 0) is 4.79 Å². The molecule has 88 valence electrons. The molecule has 0 heterocycles. The largest absolute Gasteiger partial charge is 0.298 e. The minimum atomic E-state index is -0.238. The van der Waals surface area contributed by atoms with Crippen LogP contribution >= 0.6 is 0 Å². The molecule has 0 aromatic carbocycles. The van der Waals surface area contributed by atoms with Gasteiger partial charge in [-0.3, -0.25) is 4.79 Å². The maximum Gasteiger partial charge on any atom is 0.151 e. The lowest BCUT2D eigenvalue weighted by molar-refractivity contribution is -0.125. The maximum atomic E-state index is 12.4. The van der Waals surface area contributed by atoms with Crippen molar-refractivity contribution in [2.45, 2.75) is 47.0 Å². The van der Waals surface area contributed by atoms with Gasteiger partial charge in [-0.1, -0.05) is 44.1 Å². The van der Waals surface area contributed by atoms with E-state index in [-0.39, 0.29) is 5.41 Å². The monoisotopic (exact) mass is 218 g/mol. The summed E-state index contributed by atoms with van der Waals surface area (Å²) >= 11 is 0. The average Bonchev–Trinajstić information content (AvgIpc) is 2.55. The van der Waals surface area contributed by atoms with Crippen LogP contribution < -0.4 is 0 Å². The summed E-state index contributed by atoms with van der Waals surface area (Å²) in [4.78, 5) is 12.4. The van der Waals surface area contributed by atoms with Gasteiger partial charge in [-0.05, 0) is 31.6 Å². The van der Waals surface area contributed by atoms with Gasteiger partial charge in [0.15, 0.2) is 5.78 Å². The average molecular weight is 218 g/mol. The van der Waals surface area contributed by atoms with Crippen molar-refractivity contribution in [3.8, 4) is 0 Å². The standard InChI is InChI=1S/C15H22O/c1-10(2)13-8-14(16)15(9-13)11(3)6-5-7-12(15)4/h6,9-10,12H,5,7-8H2,1-4H3. The number of carbonyl (C=O) groups is 1. The molecule has 0 amide bonds. The van der Waals surface area contributed by atoms with Gasteiger partial charge in [-0.2, -0.15) is 0 Å². The summed E-state index contributed by atoms with van der Waals surface area (Å²) in [5, 5.41) is 0. The smallest absolute Gasteiger partial charge is 0.151 e. The van der Waals surface area contributed by atoms with Crippen molar-refractivity contribution < 1.29 is 4.79 Å². The molecule has 2 aliphatic carbocycles. The summed E-state index contributed by atoms with van der Waals surface area (Å²) in [5.74, 6) is 1.41. The SMILES string of the molecule is CC1=CCCC(C)C12C=C(C(C)C)CC2=O. The topological polar surface area (TPSA) is 17.1 Å². The van der Waals surface area contributed by atoms with Gasteiger partial charge >= 0.3 is 0 Å². The molecule has 2 unspecified atom stereocenters. The fourth-order valence-electron chi connectivity index (χ4n) is 3.21. The first-order chi connectivity index (χ1) is 7.48. The van der Waals surface area contributed by atoms with E-state index in [1.807, 2.05) is 0 Å². The Kier molecular flexibility index (Phi) is 2.81. The van der Waals surface area contributed by atoms with Crippen LogP contribution in [0.1, 0.15) is 47.0 Å². The number of hydrogen-bond donors (Lipinski definition) is 0. The van der Waals surface area contributed by atoms with Crippen molar-refractivity contribution in [3.05, 3.63) is 23.3 Å². The van der Waals surface area contributed by atoms with E-state index < -0.39 is 0 Å². The molecule has 0 saturated carbocycles. The van der Waals surface area contributed by atoms with Crippen LogP contribution in [0.15, 0.2) is 23.3 Å². The minimum absolute atomic E-state index is 0.238. The van der Waals surface area contributed by atoms with Crippen LogP contribution in [0.4, 0.5) is 0 Å². The van der Waals surface area contributed by atoms with Gasteiger partial charge in [0.1, 0.15) is 0 Å². The Bertz CT molecular complexity index is 373. The lowest BCUT2D eigenvalue weighted by Crippen LogP contribution is -2.36. The van der Waals surface area contributed by atoms with Gasteiger partial charge in [0, 0.05) is 6.42 Å². The molecule has 16 heavy (non-hydrogen) atoms. The van der Waals surface area contributed by atoms with Crippen molar-refractivity contribution in [1.29, 1.82) is 0 Å². The van der Waals surface area contributed by atoms with E-state index >= 15 is 0 Å². The molecule has 1 spiro atoms. The van der Waals surface area contributed by atoms with Gasteiger partial charge in [-0.15, -0.1) is 0 Å². The van der Waals surface area contributed by atoms with Crippen LogP contribution in [0, 0.1) is 17.3 Å². The molecule has 0 saturated heterocycles. The molecule has 2 rings (SSSR count). The quantitative estimate of drug-likeness (QED) is 0.610. The molecular formula is C15H22O. The van der Waals surface area contributed by atoms with Crippen molar-refractivity contribution in [2.75, 3.05) is 0 Å². The van der Waals surface area contributed by atoms with E-state index in [2.05, 4.69) is 39.8 Å². The predicted octanol–water partition coefficient (Wildman–Crippen LogP) is 3.90. The summed E-state index contributed by atoms with van der Waals surface area (Å²) in [6.07, 6.45) is 7.50. The van der Waals surface area contributed by atoms with E-state index in [9.17, 15) is 4.79 Å². The first kappa shape index (κ1) is 11.6. The fraction of sp³-hybridized carbons (Fsp3) is 0.667. The second-order valence-electron chi connectivity index (χ2n) is 5.71. The van der Waals surface area contributed by atoms with Gasteiger partial charge in [0.25, 0.3) is 0 Å². The van der Waals surface area contributed by atoms with Crippen molar-refractivity contribution in [1.82, 2.24) is 0 Å². The van der Waals surface area contributed by atoms with E-state index in [0.717, 1.165) is 12.8 Å². The number of ketones is 1. The molecule has 0 bridgehead atoms. The first-order valence-corrected chi connectivity index (χ1v) is 6.40. The molecule has 0 aromatic rings. The summed E-state index contributed by atoms with van der Waals surface area (Å²) in [5.41, 5.74) is 2.39. The van der Waals surface area contributed by atoms with Gasteiger partial charge < -0.3 is 0 Å². The Balaban J connectivity index is 2.47. The maximum absolute atomic E-state index is 12.4. The molecule has 0 aromatic heterocycles. The molecule has 2 atom stereocenters. The highest BCUT2D eigenvalue weighted by Gasteiger charge is 2.47. The van der Waals surface area contributed by atoms with E-state index in [1.165, 1.54) is 11.1 Å². The Morgan fingerprint density at radius 3 is 2.62 bits per heavy atom.